The van der Waals surface area contributed by atoms with Crippen molar-refractivity contribution in [2.24, 2.45) is 0 Å². The zero-order valence-electron chi connectivity index (χ0n) is 5.10. The van der Waals surface area contributed by atoms with E-state index < -0.39 is 18.3 Å². The third kappa shape index (κ3) is 10.6. The molecular formula is C2H5IO6S2. The molecule has 0 unspecified atom stereocenters. The smallest absolute Gasteiger partial charge is 0.270 e. The van der Waals surface area contributed by atoms with Gasteiger partial charge in [0, 0.05) is 0 Å². The van der Waals surface area contributed by atoms with Gasteiger partial charge in [0.15, 0.2) is 0 Å². The summed E-state index contributed by atoms with van der Waals surface area (Å²) in [5, 5.41) is 0. The van der Waals surface area contributed by atoms with Gasteiger partial charge in [-0.3, -0.25) is 8.37 Å². The van der Waals surface area contributed by atoms with Crippen molar-refractivity contribution in [3.05, 3.63) is 0 Å². The Balaban J connectivity index is 3.44. The van der Waals surface area contributed by atoms with Crippen LogP contribution in [-0.2, 0) is 26.6 Å². The van der Waals surface area contributed by atoms with Crippen LogP contribution in [0.2, 0.25) is 0 Å². The average Bonchev–Trinajstić information content (AvgIpc) is 1.78. The molecule has 68 valence electrons. The second-order valence-corrected chi connectivity index (χ2v) is 6.24. The average molecular weight is 316 g/mol. The molecule has 6 nitrogen and oxygen atoms in total. The Morgan fingerprint density at radius 1 is 1.27 bits per heavy atom. The summed E-state index contributed by atoms with van der Waals surface area (Å²) in [6, 6.07) is 0. The van der Waals surface area contributed by atoms with Crippen LogP contribution in [0, 0.1) is 0 Å². The van der Waals surface area contributed by atoms with Gasteiger partial charge in [-0.25, -0.2) is 8.42 Å². The summed E-state index contributed by atoms with van der Waals surface area (Å²) in [4.78, 5) is 0. The van der Waals surface area contributed by atoms with Gasteiger partial charge < -0.3 is 0 Å². The maximum Gasteiger partial charge on any atom is 0.321 e. The van der Waals surface area contributed by atoms with E-state index in [-0.39, 0.29) is 13.2 Å². The molecule has 0 aromatic carbocycles. The van der Waals surface area contributed by atoms with Crippen LogP contribution < -0.4 is 0 Å². The third-order valence-electron chi connectivity index (χ3n) is 0.504. The molecule has 0 rings (SSSR count). The molecule has 0 amide bonds. The van der Waals surface area contributed by atoms with Crippen LogP contribution in [0.5, 0.6) is 0 Å². The highest BCUT2D eigenvalue weighted by Crippen LogP contribution is 2.01. The van der Waals surface area contributed by atoms with Gasteiger partial charge >= 0.3 is 7.29 Å². The van der Waals surface area contributed by atoms with E-state index in [4.69, 9.17) is 0 Å². The van der Waals surface area contributed by atoms with Gasteiger partial charge in [-0.2, -0.15) is 8.42 Å². The van der Waals surface area contributed by atoms with Crippen LogP contribution in [0.15, 0.2) is 0 Å². The predicted octanol–water partition coefficient (Wildman–Crippen LogP) is -0.774. The third-order valence-corrected chi connectivity index (χ3v) is 2.11. The molecule has 0 fully saturated rings. The van der Waals surface area contributed by atoms with Gasteiger partial charge in [0.2, 0.25) is 0 Å². The zero-order valence-corrected chi connectivity index (χ0v) is 8.97. The summed E-state index contributed by atoms with van der Waals surface area (Å²) in [5.41, 5.74) is 0. The number of hydrogen-bond acceptors (Lipinski definition) is 6. The molecule has 0 heterocycles. The van der Waals surface area contributed by atoms with Crippen LogP contribution >= 0.6 is 21.2 Å². The van der Waals surface area contributed by atoms with E-state index >= 15 is 0 Å². The van der Waals surface area contributed by atoms with Crippen LogP contribution in [0.1, 0.15) is 0 Å². The fourth-order valence-corrected chi connectivity index (χ4v) is 1.28. The summed E-state index contributed by atoms with van der Waals surface area (Å²) < 4.78 is 48.1. The molecule has 0 radical (unpaired) electrons. The van der Waals surface area contributed by atoms with Crippen molar-refractivity contribution in [1.29, 1.82) is 0 Å². The Morgan fingerprint density at radius 2 is 1.82 bits per heavy atom. The highest BCUT2D eigenvalue weighted by molar-refractivity contribution is 14.2. The van der Waals surface area contributed by atoms with Crippen molar-refractivity contribution in [2.75, 3.05) is 13.2 Å². The minimum Gasteiger partial charge on any atom is -0.270 e. The Labute approximate surface area is 77.7 Å². The topological polar surface area (TPSA) is 86.7 Å². The van der Waals surface area contributed by atoms with Crippen molar-refractivity contribution in [3.63, 3.8) is 0 Å². The lowest BCUT2D eigenvalue weighted by atomic mass is 10.8. The molecule has 0 spiro atoms. The van der Waals surface area contributed by atoms with Gasteiger partial charge in [0.1, 0.15) is 21.2 Å². The normalized spacial score (nSPS) is 12.2. The minimum atomic E-state index is -3.53. The second kappa shape index (κ2) is 5.24. The van der Waals surface area contributed by atoms with Gasteiger partial charge in [0.25, 0.3) is 11.0 Å². The number of thiol groups is 1. The first kappa shape index (κ1) is 11.6. The molecule has 0 aliphatic rings. The van der Waals surface area contributed by atoms with Crippen molar-refractivity contribution in [1.82, 2.24) is 0 Å². The van der Waals surface area contributed by atoms with Crippen molar-refractivity contribution in [2.45, 2.75) is 0 Å². The maximum absolute atomic E-state index is 10.2. The quantitative estimate of drug-likeness (QED) is 0.310. The summed E-state index contributed by atoms with van der Waals surface area (Å²) in [6.45, 7) is -0.588. The van der Waals surface area contributed by atoms with Crippen LogP contribution in [0.3, 0.4) is 0 Å². The highest BCUT2D eigenvalue weighted by atomic mass is 127. The Morgan fingerprint density at radius 3 is 2.18 bits per heavy atom. The van der Waals surface area contributed by atoms with E-state index in [1.54, 1.807) is 0 Å². The Hall–Kier alpha value is 0.550. The van der Waals surface area contributed by atoms with Crippen LogP contribution in [-0.4, -0.2) is 30.0 Å². The lowest BCUT2D eigenvalue weighted by Gasteiger charge is -1.95. The monoisotopic (exact) mass is 316 g/mol. The van der Waals surface area contributed by atoms with Crippen molar-refractivity contribution < 1.29 is 25.2 Å². The molecular weight excluding hydrogens is 311 g/mol. The Kier molecular flexibility index (Phi) is 5.50. The summed E-state index contributed by atoms with van der Waals surface area (Å²) in [5.74, 6) is 0. The molecule has 9 heteroatoms. The lowest BCUT2D eigenvalue weighted by Crippen LogP contribution is -2.05. The maximum atomic E-state index is 10.2. The molecule has 0 saturated heterocycles. The standard InChI is InChI=1S/C2H5IO6S2/c3-11(6,7)9-2-1-8-10(4)5/h10H,1-2H2. The van der Waals surface area contributed by atoms with E-state index in [1.807, 2.05) is 0 Å². The van der Waals surface area contributed by atoms with E-state index in [1.165, 1.54) is 0 Å². The van der Waals surface area contributed by atoms with Crippen molar-refractivity contribution >= 4 is 39.5 Å². The van der Waals surface area contributed by atoms with Crippen LogP contribution in [0.25, 0.3) is 0 Å². The molecule has 0 aromatic heterocycles. The van der Waals surface area contributed by atoms with Gasteiger partial charge in [-0.15, -0.1) is 0 Å². The summed E-state index contributed by atoms with van der Waals surface area (Å²) in [6.07, 6.45) is 0. The van der Waals surface area contributed by atoms with E-state index in [0.29, 0.717) is 0 Å². The second-order valence-electron chi connectivity index (χ2n) is 1.27. The van der Waals surface area contributed by atoms with E-state index in [2.05, 4.69) is 8.37 Å². The predicted molar refractivity (Wildman–Crippen MR) is 45.2 cm³/mol. The SMILES string of the molecule is O=[SH](=O)OCCOS(=O)(=O)I. The minimum absolute atomic E-state index is 0.291. The first-order valence-electron chi connectivity index (χ1n) is 2.28. The molecule has 0 aliphatic heterocycles. The van der Waals surface area contributed by atoms with Gasteiger partial charge in [0.05, 0.1) is 13.2 Å². The first-order valence-corrected chi connectivity index (χ1v) is 7.33. The molecule has 0 aromatic rings. The van der Waals surface area contributed by atoms with E-state index in [9.17, 15) is 16.8 Å². The van der Waals surface area contributed by atoms with Gasteiger partial charge in [-0.1, -0.05) is 0 Å². The summed E-state index contributed by atoms with van der Waals surface area (Å²) in [7, 11) is -6.45. The summed E-state index contributed by atoms with van der Waals surface area (Å²) >= 11 is 1.08. The number of halogens is 1. The molecule has 0 aliphatic carbocycles. The molecule has 11 heavy (non-hydrogen) atoms. The van der Waals surface area contributed by atoms with Crippen molar-refractivity contribution in [3.8, 4) is 0 Å². The molecule has 0 saturated carbocycles. The molecule has 0 atom stereocenters. The fourth-order valence-electron chi connectivity index (χ4n) is 0.245. The Bertz CT molecular complexity index is 256. The fraction of sp³-hybridized carbons (Fsp3) is 1.00. The van der Waals surface area contributed by atoms with E-state index in [0.717, 1.165) is 21.2 Å². The molecule has 0 N–H and O–H groups in total. The van der Waals surface area contributed by atoms with Crippen LogP contribution in [0.4, 0.5) is 0 Å². The largest absolute Gasteiger partial charge is 0.321 e. The zero-order chi connectivity index (χ0) is 8.91. The first-order chi connectivity index (χ1) is 4.92. The lowest BCUT2D eigenvalue weighted by molar-refractivity contribution is 0.236. The number of rotatable bonds is 5. The number of hydrogen-bond donors (Lipinski definition) is 1. The van der Waals surface area contributed by atoms with Gasteiger partial charge in [-0.05, 0) is 0 Å². The highest BCUT2D eigenvalue weighted by Gasteiger charge is 2.02. The molecule has 0 bridgehead atoms.